The van der Waals surface area contributed by atoms with Gasteiger partial charge in [0, 0.05) is 16.8 Å². The summed E-state index contributed by atoms with van der Waals surface area (Å²) in [5.74, 6) is -0.499. The molecule has 8 heteroatoms. The summed E-state index contributed by atoms with van der Waals surface area (Å²) in [6, 6.07) is 23.5. The Kier molecular flexibility index (Phi) is 8.07. The summed E-state index contributed by atoms with van der Waals surface area (Å²) in [5, 5.41) is 14.6. The fourth-order valence-corrected chi connectivity index (χ4v) is 4.50. The summed E-state index contributed by atoms with van der Waals surface area (Å²) in [7, 11) is 0. The second kappa shape index (κ2) is 11.6. The van der Waals surface area contributed by atoms with Gasteiger partial charge < -0.3 is 10.6 Å². The molecule has 0 spiro atoms. The van der Waals surface area contributed by atoms with Gasteiger partial charge in [-0.15, -0.1) is 10.2 Å². The van der Waals surface area contributed by atoms with E-state index in [1.165, 1.54) is 11.8 Å². The van der Waals surface area contributed by atoms with Crippen LogP contribution in [0.3, 0.4) is 0 Å². The Balaban J connectivity index is 1.39. The third kappa shape index (κ3) is 6.34. The minimum absolute atomic E-state index is 0.0659. The van der Waals surface area contributed by atoms with Gasteiger partial charge >= 0.3 is 0 Å². The molecule has 0 fully saturated rings. The number of carbonyl (C=O) groups excluding carboxylic acids is 2. The molecule has 4 aromatic rings. The largest absolute Gasteiger partial charge is 0.346 e. The Morgan fingerprint density at radius 2 is 1.36 bits per heavy atom. The van der Waals surface area contributed by atoms with Crippen LogP contribution in [0.5, 0.6) is 0 Å². The van der Waals surface area contributed by atoms with E-state index in [2.05, 4.69) is 20.8 Å². The van der Waals surface area contributed by atoms with Gasteiger partial charge in [-0.3, -0.25) is 9.59 Å². The lowest BCUT2D eigenvalue weighted by Gasteiger charge is -2.13. The lowest BCUT2D eigenvalue weighted by atomic mass is 10.0. The highest BCUT2D eigenvalue weighted by Gasteiger charge is 2.15. The van der Waals surface area contributed by atoms with Crippen molar-refractivity contribution < 1.29 is 9.59 Å². The number of nitrogens with zero attached hydrogens (tertiary/aromatic N) is 3. The molecule has 1 heterocycles. The SMILES string of the molecule is Cc1cc(C)c(NC(=O)CNC(=O)CSc2nnc(-c3ccccc3)c(-c3ccccc3)n2)c(C)c1. The number of nitrogens with one attached hydrogen (secondary N) is 2. The molecule has 0 atom stereocenters. The van der Waals surface area contributed by atoms with E-state index < -0.39 is 0 Å². The molecule has 0 saturated carbocycles. The highest BCUT2D eigenvalue weighted by atomic mass is 32.2. The van der Waals surface area contributed by atoms with Crippen LogP contribution in [0.4, 0.5) is 5.69 Å². The van der Waals surface area contributed by atoms with E-state index in [1.54, 1.807) is 0 Å². The van der Waals surface area contributed by atoms with Crippen molar-refractivity contribution in [2.75, 3.05) is 17.6 Å². The predicted octanol–water partition coefficient (Wildman–Crippen LogP) is 4.98. The Morgan fingerprint density at radius 3 is 1.97 bits per heavy atom. The fraction of sp³-hybridized carbons (Fsp3) is 0.179. The molecule has 0 aliphatic carbocycles. The third-order valence-corrected chi connectivity index (χ3v) is 6.32. The number of carbonyl (C=O) groups is 2. The van der Waals surface area contributed by atoms with Crippen molar-refractivity contribution in [3.63, 3.8) is 0 Å². The molecule has 4 rings (SSSR count). The van der Waals surface area contributed by atoms with E-state index in [-0.39, 0.29) is 24.1 Å². The molecular weight excluding hydrogens is 470 g/mol. The van der Waals surface area contributed by atoms with Crippen molar-refractivity contribution in [1.29, 1.82) is 0 Å². The number of anilines is 1. The van der Waals surface area contributed by atoms with E-state index in [0.29, 0.717) is 16.5 Å². The number of benzene rings is 3. The Bertz CT molecular complexity index is 1350. The zero-order chi connectivity index (χ0) is 25.5. The number of thioether (sulfide) groups is 1. The first kappa shape index (κ1) is 25.1. The van der Waals surface area contributed by atoms with Gasteiger partial charge in [0.1, 0.15) is 11.4 Å². The number of aromatic nitrogens is 3. The Labute approximate surface area is 214 Å². The molecule has 7 nitrogen and oxygen atoms in total. The minimum Gasteiger partial charge on any atom is -0.346 e. The highest BCUT2D eigenvalue weighted by molar-refractivity contribution is 7.99. The van der Waals surface area contributed by atoms with E-state index in [9.17, 15) is 9.59 Å². The number of aryl methyl sites for hydroxylation is 3. The maximum absolute atomic E-state index is 12.4. The van der Waals surface area contributed by atoms with Crippen molar-refractivity contribution in [3.05, 3.63) is 89.5 Å². The van der Waals surface area contributed by atoms with E-state index in [4.69, 9.17) is 4.98 Å². The normalized spacial score (nSPS) is 10.6. The summed E-state index contributed by atoms with van der Waals surface area (Å²) in [6.07, 6.45) is 0. The molecule has 1 aromatic heterocycles. The number of rotatable bonds is 8. The summed E-state index contributed by atoms with van der Waals surface area (Å²) in [6.45, 7) is 5.80. The molecule has 0 aliphatic heterocycles. The van der Waals surface area contributed by atoms with Crippen LogP contribution in [-0.4, -0.2) is 39.3 Å². The van der Waals surface area contributed by atoms with Crippen LogP contribution in [-0.2, 0) is 9.59 Å². The zero-order valence-corrected chi connectivity index (χ0v) is 21.2. The monoisotopic (exact) mass is 497 g/mol. The molecule has 0 aliphatic rings. The maximum atomic E-state index is 12.4. The topological polar surface area (TPSA) is 96.9 Å². The molecular formula is C28H27N5O2S. The van der Waals surface area contributed by atoms with Crippen LogP contribution < -0.4 is 10.6 Å². The van der Waals surface area contributed by atoms with Crippen LogP contribution in [0.2, 0.25) is 0 Å². The van der Waals surface area contributed by atoms with Gasteiger partial charge in [-0.1, -0.05) is 90.1 Å². The smallest absolute Gasteiger partial charge is 0.243 e. The average molecular weight is 498 g/mol. The van der Waals surface area contributed by atoms with Gasteiger partial charge in [0.15, 0.2) is 0 Å². The van der Waals surface area contributed by atoms with Gasteiger partial charge in [0.05, 0.1) is 12.3 Å². The second-order valence-electron chi connectivity index (χ2n) is 8.41. The summed E-state index contributed by atoms with van der Waals surface area (Å²) < 4.78 is 0. The van der Waals surface area contributed by atoms with Gasteiger partial charge in [-0.05, 0) is 31.9 Å². The van der Waals surface area contributed by atoms with E-state index in [1.807, 2.05) is 93.6 Å². The van der Waals surface area contributed by atoms with E-state index in [0.717, 1.165) is 33.5 Å². The summed E-state index contributed by atoms with van der Waals surface area (Å²) in [4.78, 5) is 29.5. The van der Waals surface area contributed by atoms with Gasteiger partial charge in [0.2, 0.25) is 17.0 Å². The van der Waals surface area contributed by atoms with Gasteiger partial charge in [-0.25, -0.2) is 4.98 Å². The third-order valence-electron chi connectivity index (χ3n) is 5.48. The number of hydrogen-bond acceptors (Lipinski definition) is 6. The number of hydrogen-bond donors (Lipinski definition) is 2. The lowest BCUT2D eigenvalue weighted by molar-refractivity contribution is -0.122. The predicted molar refractivity (Wildman–Crippen MR) is 144 cm³/mol. The molecule has 36 heavy (non-hydrogen) atoms. The first-order chi connectivity index (χ1) is 17.4. The second-order valence-corrected chi connectivity index (χ2v) is 9.35. The molecule has 0 saturated heterocycles. The standard InChI is InChI=1S/C28H27N5O2S/c1-18-14-19(2)25(20(3)15-18)30-23(34)16-29-24(35)17-36-28-31-26(21-10-6-4-7-11-21)27(32-33-28)22-12-8-5-9-13-22/h4-15H,16-17H2,1-3H3,(H,29,35)(H,30,34). The number of amides is 2. The fourth-order valence-electron chi connectivity index (χ4n) is 3.88. The molecule has 3 aromatic carbocycles. The van der Waals surface area contributed by atoms with Crippen LogP contribution >= 0.6 is 11.8 Å². The van der Waals surface area contributed by atoms with Crippen LogP contribution in [0.15, 0.2) is 78.0 Å². The molecule has 182 valence electrons. The van der Waals surface area contributed by atoms with Gasteiger partial charge in [-0.2, -0.15) is 0 Å². The first-order valence-electron chi connectivity index (χ1n) is 11.5. The highest BCUT2D eigenvalue weighted by Crippen LogP contribution is 2.29. The first-order valence-corrected chi connectivity index (χ1v) is 12.5. The Morgan fingerprint density at radius 1 is 0.778 bits per heavy atom. The molecule has 2 N–H and O–H groups in total. The minimum atomic E-state index is -0.288. The maximum Gasteiger partial charge on any atom is 0.243 e. The van der Waals surface area contributed by atoms with Gasteiger partial charge in [0.25, 0.3) is 0 Å². The van der Waals surface area contributed by atoms with Crippen molar-refractivity contribution in [2.45, 2.75) is 25.9 Å². The molecule has 2 amide bonds. The zero-order valence-electron chi connectivity index (χ0n) is 20.4. The average Bonchev–Trinajstić information content (AvgIpc) is 2.89. The molecule has 0 unspecified atom stereocenters. The molecule has 0 radical (unpaired) electrons. The van der Waals surface area contributed by atoms with Crippen LogP contribution in [0, 0.1) is 20.8 Å². The van der Waals surface area contributed by atoms with Crippen molar-refractivity contribution >= 4 is 29.3 Å². The lowest BCUT2D eigenvalue weighted by Crippen LogP contribution is -2.34. The van der Waals surface area contributed by atoms with Crippen molar-refractivity contribution in [3.8, 4) is 22.5 Å². The summed E-state index contributed by atoms with van der Waals surface area (Å²) in [5.41, 5.74) is 7.09. The Hall–Kier alpha value is -4.04. The van der Waals surface area contributed by atoms with Crippen LogP contribution in [0.1, 0.15) is 16.7 Å². The molecule has 0 bridgehead atoms. The van der Waals surface area contributed by atoms with Crippen LogP contribution in [0.25, 0.3) is 22.5 Å². The summed E-state index contributed by atoms with van der Waals surface area (Å²) >= 11 is 1.17. The quantitative estimate of drug-likeness (QED) is 0.333. The van der Waals surface area contributed by atoms with Crippen molar-refractivity contribution in [1.82, 2.24) is 20.5 Å². The van der Waals surface area contributed by atoms with E-state index >= 15 is 0 Å². The van der Waals surface area contributed by atoms with Crippen molar-refractivity contribution in [2.24, 2.45) is 0 Å².